The minimum absolute atomic E-state index is 0.225. The zero-order chi connectivity index (χ0) is 8.97. The summed E-state index contributed by atoms with van der Waals surface area (Å²) in [5.74, 6) is 0.225. The molecule has 1 aromatic carbocycles. The predicted octanol–water partition coefficient (Wildman–Crippen LogP) is 1.68. The smallest absolute Gasteiger partial charge is 0.125 e. The van der Waals surface area contributed by atoms with Crippen molar-refractivity contribution >= 4 is 17.2 Å². The molecule has 2 N–H and O–H groups in total. The largest absolute Gasteiger partial charge is 0.507 e. The highest BCUT2D eigenvalue weighted by Gasteiger charge is 2.03. The zero-order valence-corrected chi connectivity index (χ0v) is 7.69. The number of benzene rings is 1. The Morgan fingerprint density at radius 3 is 2.75 bits per heavy atom. The van der Waals surface area contributed by atoms with Crippen LogP contribution in [0, 0.1) is 0 Å². The van der Waals surface area contributed by atoms with Gasteiger partial charge in [-0.3, -0.25) is 0 Å². The standard InChI is InChI=1S/C9H11NOS/c1-2-10-9(12)7-5-3-4-6-8(7)11/h3-6,11H,2H2,1H3,(H,10,12). The Hall–Kier alpha value is -1.09. The van der Waals surface area contributed by atoms with Crippen molar-refractivity contribution in [3.05, 3.63) is 29.8 Å². The first-order valence-corrected chi connectivity index (χ1v) is 4.22. The van der Waals surface area contributed by atoms with Crippen LogP contribution in [-0.2, 0) is 0 Å². The van der Waals surface area contributed by atoms with Crippen LogP contribution in [0.4, 0.5) is 0 Å². The van der Waals surface area contributed by atoms with Gasteiger partial charge >= 0.3 is 0 Å². The van der Waals surface area contributed by atoms with E-state index in [4.69, 9.17) is 12.2 Å². The van der Waals surface area contributed by atoms with Gasteiger partial charge in [0, 0.05) is 6.54 Å². The summed E-state index contributed by atoms with van der Waals surface area (Å²) in [4.78, 5) is 0.593. The van der Waals surface area contributed by atoms with Crippen LogP contribution >= 0.6 is 12.2 Å². The highest BCUT2D eigenvalue weighted by Crippen LogP contribution is 2.15. The number of phenols is 1. The van der Waals surface area contributed by atoms with E-state index in [9.17, 15) is 5.11 Å². The quantitative estimate of drug-likeness (QED) is 0.681. The SMILES string of the molecule is CCNC(=S)c1ccccc1O. The Kier molecular flexibility index (Phi) is 3.05. The summed E-state index contributed by atoms with van der Waals surface area (Å²) in [6.07, 6.45) is 0. The Morgan fingerprint density at radius 1 is 1.50 bits per heavy atom. The van der Waals surface area contributed by atoms with E-state index in [1.807, 2.05) is 13.0 Å². The topological polar surface area (TPSA) is 32.3 Å². The van der Waals surface area contributed by atoms with E-state index < -0.39 is 0 Å². The van der Waals surface area contributed by atoms with E-state index in [1.165, 1.54) is 0 Å². The molecule has 0 aliphatic rings. The molecule has 1 rings (SSSR count). The van der Waals surface area contributed by atoms with E-state index >= 15 is 0 Å². The molecule has 0 saturated carbocycles. The summed E-state index contributed by atoms with van der Waals surface area (Å²) in [6, 6.07) is 7.03. The van der Waals surface area contributed by atoms with Crippen LogP contribution in [0.1, 0.15) is 12.5 Å². The first-order chi connectivity index (χ1) is 5.75. The number of phenolic OH excluding ortho intramolecular Hbond substituents is 1. The molecule has 0 aliphatic carbocycles. The van der Waals surface area contributed by atoms with Crippen LogP contribution in [0.25, 0.3) is 0 Å². The summed E-state index contributed by atoms with van der Waals surface area (Å²) < 4.78 is 0. The van der Waals surface area contributed by atoms with Gasteiger partial charge in [0.15, 0.2) is 0 Å². The lowest BCUT2D eigenvalue weighted by molar-refractivity contribution is 0.474. The van der Waals surface area contributed by atoms with Crippen molar-refractivity contribution in [1.29, 1.82) is 0 Å². The summed E-state index contributed by atoms with van der Waals surface area (Å²) in [6.45, 7) is 2.74. The molecule has 12 heavy (non-hydrogen) atoms. The van der Waals surface area contributed by atoms with Crippen LogP contribution in [0.5, 0.6) is 5.75 Å². The van der Waals surface area contributed by atoms with Gasteiger partial charge in [-0.1, -0.05) is 24.4 Å². The van der Waals surface area contributed by atoms with Crippen molar-refractivity contribution < 1.29 is 5.11 Å². The molecule has 0 unspecified atom stereocenters. The lowest BCUT2D eigenvalue weighted by Gasteiger charge is -2.06. The number of nitrogens with one attached hydrogen (secondary N) is 1. The van der Waals surface area contributed by atoms with Crippen molar-refractivity contribution in [3.63, 3.8) is 0 Å². The lowest BCUT2D eigenvalue weighted by Crippen LogP contribution is -2.21. The number of rotatable bonds is 2. The Bertz CT molecular complexity index is 286. The third-order valence-electron chi connectivity index (χ3n) is 1.49. The van der Waals surface area contributed by atoms with E-state index in [0.717, 1.165) is 6.54 Å². The normalized spacial score (nSPS) is 9.42. The maximum atomic E-state index is 9.38. The molecule has 0 radical (unpaired) electrons. The lowest BCUT2D eigenvalue weighted by atomic mass is 10.2. The highest BCUT2D eigenvalue weighted by molar-refractivity contribution is 7.80. The van der Waals surface area contributed by atoms with Crippen molar-refractivity contribution in [2.24, 2.45) is 0 Å². The minimum Gasteiger partial charge on any atom is -0.507 e. The summed E-state index contributed by atoms with van der Waals surface area (Å²) in [5.41, 5.74) is 0.689. The molecule has 3 heteroatoms. The molecule has 0 bridgehead atoms. The number of hydrogen-bond donors (Lipinski definition) is 2. The molecule has 2 nitrogen and oxygen atoms in total. The molecule has 0 saturated heterocycles. The molecular formula is C9H11NOS. The number of hydrogen-bond acceptors (Lipinski definition) is 2. The average Bonchev–Trinajstić information content (AvgIpc) is 2.05. The van der Waals surface area contributed by atoms with E-state index in [-0.39, 0.29) is 5.75 Å². The van der Waals surface area contributed by atoms with E-state index in [0.29, 0.717) is 10.6 Å². The van der Waals surface area contributed by atoms with Crippen molar-refractivity contribution in [1.82, 2.24) is 5.32 Å². The Balaban J connectivity index is 2.87. The second-order valence-electron chi connectivity index (χ2n) is 2.38. The number of thiocarbonyl (C=S) groups is 1. The molecule has 1 aromatic rings. The van der Waals surface area contributed by atoms with Gasteiger partial charge in [0.1, 0.15) is 10.7 Å². The fraction of sp³-hybridized carbons (Fsp3) is 0.222. The van der Waals surface area contributed by atoms with Crippen LogP contribution in [0.2, 0.25) is 0 Å². The van der Waals surface area contributed by atoms with Gasteiger partial charge in [-0.15, -0.1) is 0 Å². The monoisotopic (exact) mass is 181 g/mol. The van der Waals surface area contributed by atoms with E-state index in [1.54, 1.807) is 18.2 Å². The van der Waals surface area contributed by atoms with Crippen LogP contribution in [0.3, 0.4) is 0 Å². The average molecular weight is 181 g/mol. The Labute approximate surface area is 77.2 Å². The fourth-order valence-corrected chi connectivity index (χ4v) is 1.24. The van der Waals surface area contributed by atoms with Crippen molar-refractivity contribution in [2.45, 2.75) is 6.92 Å². The van der Waals surface area contributed by atoms with Gasteiger partial charge in [-0.25, -0.2) is 0 Å². The number of aromatic hydroxyl groups is 1. The van der Waals surface area contributed by atoms with Gasteiger partial charge in [0.25, 0.3) is 0 Å². The van der Waals surface area contributed by atoms with Crippen molar-refractivity contribution in [3.8, 4) is 5.75 Å². The molecule has 0 amide bonds. The van der Waals surface area contributed by atoms with E-state index in [2.05, 4.69) is 5.32 Å². The summed E-state index contributed by atoms with van der Waals surface area (Å²) >= 11 is 5.04. The summed E-state index contributed by atoms with van der Waals surface area (Å²) in [7, 11) is 0. The minimum atomic E-state index is 0.225. The first-order valence-electron chi connectivity index (χ1n) is 3.82. The second kappa shape index (κ2) is 4.07. The summed E-state index contributed by atoms with van der Waals surface area (Å²) in [5, 5.41) is 12.4. The van der Waals surface area contributed by atoms with Gasteiger partial charge in [0.05, 0.1) is 5.56 Å². The molecule has 0 fully saturated rings. The molecule has 0 atom stereocenters. The maximum Gasteiger partial charge on any atom is 0.125 e. The Morgan fingerprint density at radius 2 is 2.17 bits per heavy atom. The first kappa shape index (κ1) is 9.00. The maximum absolute atomic E-state index is 9.38. The third-order valence-corrected chi connectivity index (χ3v) is 1.85. The number of para-hydroxylation sites is 1. The van der Waals surface area contributed by atoms with Gasteiger partial charge in [0.2, 0.25) is 0 Å². The third kappa shape index (κ3) is 1.95. The zero-order valence-electron chi connectivity index (χ0n) is 6.87. The highest BCUT2D eigenvalue weighted by atomic mass is 32.1. The molecule has 0 aromatic heterocycles. The molecule has 0 aliphatic heterocycles. The molecule has 64 valence electrons. The molecular weight excluding hydrogens is 170 g/mol. The second-order valence-corrected chi connectivity index (χ2v) is 2.78. The van der Waals surface area contributed by atoms with Crippen LogP contribution < -0.4 is 5.32 Å². The van der Waals surface area contributed by atoms with Crippen LogP contribution in [0.15, 0.2) is 24.3 Å². The predicted molar refractivity (Wildman–Crippen MR) is 53.5 cm³/mol. The van der Waals surface area contributed by atoms with Crippen LogP contribution in [-0.4, -0.2) is 16.6 Å². The van der Waals surface area contributed by atoms with Gasteiger partial charge in [-0.2, -0.15) is 0 Å². The molecule has 0 heterocycles. The van der Waals surface area contributed by atoms with Gasteiger partial charge in [-0.05, 0) is 19.1 Å². The van der Waals surface area contributed by atoms with Crippen molar-refractivity contribution in [2.75, 3.05) is 6.54 Å². The molecule has 0 spiro atoms. The van der Waals surface area contributed by atoms with Gasteiger partial charge < -0.3 is 10.4 Å². The fourth-order valence-electron chi connectivity index (χ4n) is 0.921.